The molecular weight excluding hydrogens is 322 g/mol. The molecule has 0 radical (unpaired) electrons. The zero-order chi connectivity index (χ0) is 18.4. The van der Waals surface area contributed by atoms with Crippen molar-refractivity contribution in [2.45, 2.75) is 39.7 Å². The van der Waals surface area contributed by atoms with Crippen molar-refractivity contribution in [2.75, 3.05) is 26.2 Å². The van der Waals surface area contributed by atoms with E-state index in [1.165, 1.54) is 17.5 Å². The number of piperidine rings is 1. The van der Waals surface area contributed by atoms with E-state index in [9.17, 15) is 0 Å². The highest BCUT2D eigenvalue weighted by Gasteiger charge is 2.28. The molecule has 5 nitrogen and oxygen atoms in total. The third-order valence-electron chi connectivity index (χ3n) is 5.36. The van der Waals surface area contributed by atoms with Crippen LogP contribution in [0.5, 0.6) is 0 Å². The molecule has 26 heavy (non-hydrogen) atoms. The number of hydrogen-bond donors (Lipinski definition) is 1. The Kier molecular flexibility index (Phi) is 6.31. The summed E-state index contributed by atoms with van der Waals surface area (Å²) in [6, 6.07) is 9.03. The molecule has 1 aliphatic heterocycles. The first kappa shape index (κ1) is 18.5. The van der Waals surface area contributed by atoms with Gasteiger partial charge in [-0.25, -0.2) is 4.98 Å². The highest BCUT2D eigenvalue weighted by molar-refractivity contribution is 5.80. The molecule has 3 rings (SSSR count). The zero-order valence-corrected chi connectivity index (χ0v) is 16.2. The van der Waals surface area contributed by atoms with E-state index in [-0.39, 0.29) is 0 Å². The molecule has 140 valence electrons. The molecular formula is C21H31N5. The van der Waals surface area contributed by atoms with Gasteiger partial charge in [0.2, 0.25) is 0 Å². The molecule has 0 amide bonds. The fourth-order valence-electron chi connectivity index (χ4n) is 3.69. The Morgan fingerprint density at radius 1 is 1.35 bits per heavy atom. The Bertz CT molecular complexity index is 707. The van der Waals surface area contributed by atoms with Crippen molar-refractivity contribution in [3.05, 3.63) is 54.1 Å². The van der Waals surface area contributed by atoms with Gasteiger partial charge in [-0.1, -0.05) is 31.2 Å². The van der Waals surface area contributed by atoms with Crippen molar-refractivity contribution in [3.63, 3.8) is 0 Å². The van der Waals surface area contributed by atoms with Crippen LogP contribution in [0.4, 0.5) is 0 Å². The standard InChI is InChI=1S/C21H31N5/c1-4-23-21(24-11-9-19-8-6-5-7-17(19)2)25-13-10-18(3)20(15-25)26-14-12-22-16-26/h5-8,12,14,16,18,20H,4,9-11,13,15H2,1-3H3,(H,23,24). The summed E-state index contributed by atoms with van der Waals surface area (Å²) in [4.78, 5) is 11.6. The normalized spacial score (nSPS) is 21.0. The molecule has 2 aromatic rings. The van der Waals surface area contributed by atoms with Crippen LogP contribution in [0.25, 0.3) is 0 Å². The van der Waals surface area contributed by atoms with Crippen LogP contribution < -0.4 is 5.32 Å². The first-order valence-corrected chi connectivity index (χ1v) is 9.74. The van der Waals surface area contributed by atoms with Gasteiger partial charge in [-0.15, -0.1) is 0 Å². The van der Waals surface area contributed by atoms with Crippen LogP contribution in [-0.4, -0.2) is 46.6 Å². The fraction of sp³-hybridized carbons (Fsp3) is 0.524. The number of rotatable bonds is 5. The van der Waals surface area contributed by atoms with E-state index in [2.05, 4.69) is 71.0 Å². The van der Waals surface area contributed by atoms with Gasteiger partial charge in [-0.3, -0.25) is 4.99 Å². The van der Waals surface area contributed by atoms with E-state index in [4.69, 9.17) is 4.99 Å². The first-order valence-electron chi connectivity index (χ1n) is 9.74. The molecule has 1 aromatic carbocycles. The van der Waals surface area contributed by atoms with Gasteiger partial charge in [0.05, 0.1) is 12.4 Å². The van der Waals surface area contributed by atoms with E-state index in [0.29, 0.717) is 12.0 Å². The van der Waals surface area contributed by atoms with Gasteiger partial charge in [0, 0.05) is 38.6 Å². The predicted octanol–water partition coefficient (Wildman–Crippen LogP) is 3.28. The summed E-state index contributed by atoms with van der Waals surface area (Å²) in [6.45, 7) is 10.4. The number of likely N-dealkylation sites (tertiary alicyclic amines) is 1. The smallest absolute Gasteiger partial charge is 0.193 e. The Labute approximate surface area is 157 Å². The molecule has 2 unspecified atom stereocenters. The van der Waals surface area contributed by atoms with Crippen molar-refractivity contribution < 1.29 is 0 Å². The second-order valence-electron chi connectivity index (χ2n) is 7.20. The highest BCUT2D eigenvalue weighted by atomic mass is 15.3. The number of guanidine groups is 1. The topological polar surface area (TPSA) is 45.5 Å². The molecule has 0 spiro atoms. The number of aryl methyl sites for hydroxylation is 1. The Hall–Kier alpha value is -2.30. The number of aromatic nitrogens is 2. The Balaban J connectivity index is 1.67. The van der Waals surface area contributed by atoms with Gasteiger partial charge in [0.1, 0.15) is 0 Å². The molecule has 1 N–H and O–H groups in total. The SMILES string of the molecule is CCNC(=NCCc1ccccc1C)N1CCC(C)C(n2ccnc2)C1. The lowest BCUT2D eigenvalue weighted by Crippen LogP contribution is -2.49. The van der Waals surface area contributed by atoms with E-state index >= 15 is 0 Å². The van der Waals surface area contributed by atoms with Crippen molar-refractivity contribution in [3.8, 4) is 0 Å². The maximum atomic E-state index is 4.92. The highest BCUT2D eigenvalue weighted by Crippen LogP contribution is 2.27. The minimum absolute atomic E-state index is 0.450. The molecule has 0 bridgehead atoms. The maximum absolute atomic E-state index is 4.92. The first-order chi connectivity index (χ1) is 12.7. The van der Waals surface area contributed by atoms with Crippen molar-refractivity contribution >= 4 is 5.96 Å². The summed E-state index contributed by atoms with van der Waals surface area (Å²) in [5, 5.41) is 3.48. The summed E-state index contributed by atoms with van der Waals surface area (Å²) in [6.07, 6.45) is 8.04. The summed E-state index contributed by atoms with van der Waals surface area (Å²) in [5.74, 6) is 1.69. The Morgan fingerprint density at radius 3 is 2.92 bits per heavy atom. The number of hydrogen-bond acceptors (Lipinski definition) is 2. The number of nitrogens with one attached hydrogen (secondary N) is 1. The summed E-state index contributed by atoms with van der Waals surface area (Å²) in [7, 11) is 0. The Morgan fingerprint density at radius 2 is 2.19 bits per heavy atom. The van der Waals surface area contributed by atoms with Crippen LogP contribution in [0.2, 0.25) is 0 Å². The lowest BCUT2D eigenvalue weighted by molar-refractivity contribution is 0.189. The van der Waals surface area contributed by atoms with Crippen LogP contribution in [-0.2, 0) is 6.42 Å². The maximum Gasteiger partial charge on any atom is 0.193 e. The monoisotopic (exact) mass is 353 g/mol. The molecule has 2 atom stereocenters. The van der Waals surface area contributed by atoms with Gasteiger partial charge in [-0.2, -0.15) is 0 Å². The third-order valence-corrected chi connectivity index (χ3v) is 5.36. The lowest BCUT2D eigenvalue weighted by Gasteiger charge is -2.39. The molecule has 1 aliphatic rings. The minimum atomic E-state index is 0.450. The average Bonchev–Trinajstić information content (AvgIpc) is 3.17. The second kappa shape index (κ2) is 8.88. The number of benzene rings is 1. The summed E-state index contributed by atoms with van der Waals surface area (Å²) >= 11 is 0. The minimum Gasteiger partial charge on any atom is -0.357 e. The average molecular weight is 354 g/mol. The molecule has 5 heteroatoms. The van der Waals surface area contributed by atoms with Gasteiger partial charge < -0.3 is 14.8 Å². The van der Waals surface area contributed by atoms with Crippen molar-refractivity contribution in [1.82, 2.24) is 19.8 Å². The molecule has 1 saturated heterocycles. The number of imidazole rings is 1. The number of nitrogens with zero attached hydrogens (tertiary/aromatic N) is 4. The van der Waals surface area contributed by atoms with Crippen molar-refractivity contribution in [2.24, 2.45) is 10.9 Å². The van der Waals surface area contributed by atoms with Gasteiger partial charge >= 0.3 is 0 Å². The van der Waals surface area contributed by atoms with Crippen LogP contribution in [0, 0.1) is 12.8 Å². The van der Waals surface area contributed by atoms with E-state index in [1.807, 2.05) is 12.5 Å². The third kappa shape index (κ3) is 4.45. The molecule has 1 fully saturated rings. The summed E-state index contributed by atoms with van der Waals surface area (Å²) < 4.78 is 2.24. The van der Waals surface area contributed by atoms with Gasteiger partial charge in [-0.05, 0) is 43.7 Å². The quantitative estimate of drug-likeness (QED) is 0.663. The summed E-state index contributed by atoms with van der Waals surface area (Å²) in [5.41, 5.74) is 2.73. The predicted molar refractivity (Wildman–Crippen MR) is 107 cm³/mol. The second-order valence-corrected chi connectivity index (χ2v) is 7.20. The molecule has 0 aliphatic carbocycles. The van der Waals surface area contributed by atoms with Crippen molar-refractivity contribution in [1.29, 1.82) is 0 Å². The van der Waals surface area contributed by atoms with Crippen LogP contribution in [0.3, 0.4) is 0 Å². The largest absolute Gasteiger partial charge is 0.357 e. The molecule has 0 saturated carbocycles. The lowest BCUT2D eigenvalue weighted by atomic mass is 9.93. The van der Waals surface area contributed by atoms with E-state index < -0.39 is 0 Å². The van der Waals surface area contributed by atoms with Crippen LogP contribution in [0.15, 0.2) is 48.0 Å². The van der Waals surface area contributed by atoms with Crippen LogP contribution in [0.1, 0.15) is 37.4 Å². The molecule has 1 aromatic heterocycles. The number of aliphatic imine (C=N–C) groups is 1. The van der Waals surface area contributed by atoms with Gasteiger partial charge in [0.15, 0.2) is 5.96 Å². The van der Waals surface area contributed by atoms with Gasteiger partial charge in [0.25, 0.3) is 0 Å². The zero-order valence-electron chi connectivity index (χ0n) is 16.2. The fourth-order valence-corrected chi connectivity index (χ4v) is 3.69. The van der Waals surface area contributed by atoms with E-state index in [1.54, 1.807) is 0 Å². The molecule has 2 heterocycles. The van der Waals surface area contributed by atoms with E-state index in [0.717, 1.165) is 38.6 Å². The van der Waals surface area contributed by atoms with Crippen LogP contribution >= 0.6 is 0 Å².